The van der Waals surface area contributed by atoms with E-state index in [1.54, 1.807) is 70.5 Å². The molecule has 0 saturated carbocycles. The van der Waals surface area contributed by atoms with Gasteiger partial charge in [-0.1, -0.05) is 35.3 Å². The van der Waals surface area contributed by atoms with Gasteiger partial charge in [-0.25, -0.2) is 9.18 Å². The quantitative estimate of drug-likeness (QED) is 0.480. The normalized spacial score (nSPS) is 13.9. The van der Waals surface area contributed by atoms with Crippen LogP contribution >= 0.6 is 23.2 Å². The summed E-state index contributed by atoms with van der Waals surface area (Å²) in [6, 6.07) is 18.2. The molecule has 0 atom stereocenters. The Morgan fingerprint density at radius 2 is 1.69 bits per heavy atom. The largest absolute Gasteiger partial charge is 0.324 e. The van der Waals surface area contributed by atoms with Crippen LogP contribution in [-0.2, 0) is 6.54 Å². The van der Waals surface area contributed by atoms with Crippen LogP contribution in [0.25, 0.3) is 0 Å². The first-order valence-corrected chi connectivity index (χ1v) is 10.8. The summed E-state index contributed by atoms with van der Waals surface area (Å²) in [6.07, 6.45) is 0.753. The molecule has 0 spiro atoms. The van der Waals surface area contributed by atoms with E-state index < -0.39 is 5.82 Å². The van der Waals surface area contributed by atoms with Crippen LogP contribution in [0.15, 0.2) is 66.7 Å². The zero-order chi connectivity index (χ0) is 22.7. The van der Waals surface area contributed by atoms with Crippen molar-refractivity contribution < 1.29 is 14.0 Å². The van der Waals surface area contributed by atoms with E-state index in [9.17, 15) is 14.0 Å². The number of hydrogen-bond donors (Lipinski definition) is 1. The van der Waals surface area contributed by atoms with E-state index in [0.717, 1.165) is 6.42 Å². The van der Waals surface area contributed by atoms with Gasteiger partial charge in [0.25, 0.3) is 5.91 Å². The monoisotopic (exact) mass is 471 g/mol. The maximum atomic E-state index is 14.3. The molecule has 0 aliphatic carbocycles. The molecule has 0 aromatic heterocycles. The molecule has 1 heterocycles. The van der Waals surface area contributed by atoms with Gasteiger partial charge in [0.15, 0.2) is 0 Å². The van der Waals surface area contributed by atoms with Crippen molar-refractivity contribution >= 4 is 46.5 Å². The first-order chi connectivity index (χ1) is 15.4. The van der Waals surface area contributed by atoms with Gasteiger partial charge in [0.2, 0.25) is 0 Å². The summed E-state index contributed by atoms with van der Waals surface area (Å²) in [5.41, 5.74) is 2.19. The van der Waals surface area contributed by atoms with Gasteiger partial charge in [-0.15, -0.1) is 0 Å². The predicted octanol–water partition coefficient (Wildman–Crippen LogP) is 6.22. The predicted molar refractivity (Wildman–Crippen MR) is 125 cm³/mol. The molecule has 8 heteroatoms. The minimum atomic E-state index is -0.500. The summed E-state index contributed by atoms with van der Waals surface area (Å²) in [7, 11) is 0. The van der Waals surface area contributed by atoms with Crippen LogP contribution in [0.3, 0.4) is 0 Å². The number of benzene rings is 3. The Balaban J connectivity index is 1.44. The van der Waals surface area contributed by atoms with Crippen LogP contribution in [0.4, 0.5) is 20.6 Å². The molecule has 0 radical (unpaired) electrons. The molecule has 5 nitrogen and oxygen atoms in total. The van der Waals surface area contributed by atoms with Gasteiger partial charge in [0.05, 0.1) is 11.6 Å². The van der Waals surface area contributed by atoms with Crippen molar-refractivity contribution in [3.8, 4) is 0 Å². The van der Waals surface area contributed by atoms with Crippen LogP contribution in [0, 0.1) is 5.82 Å². The number of carbonyl (C=O) groups excluding carboxylic acids is 2. The summed E-state index contributed by atoms with van der Waals surface area (Å²) in [5, 5.41) is 3.42. The highest BCUT2D eigenvalue weighted by molar-refractivity contribution is 6.31. The summed E-state index contributed by atoms with van der Waals surface area (Å²) in [4.78, 5) is 28.6. The molecule has 1 aliphatic heterocycles. The number of carbonyl (C=O) groups is 2. The number of nitrogens with one attached hydrogen (secondary N) is 1. The highest BCUT2D eigenvalue weighted by Gasteiger charge is 2.27. The van der Waals surface area contributed by atoms with Crippen molar-refractivity contribution in [3.63, 3.8) is 0 Å². The van der Waals surface area contributed by atoms with E-state index >= 15 is 0 Å². The van der Waals surface area contributed by atoms with Gasteiger partial charge >= 0.3 is 6.03 Å². The van der Waals surface area contributed by atoms with Crippen molar-refractivity contribution in [3.05, 3.63) is 93.7 Å². The fraction of sp³-hybridized carbons (Fsp3) is 0.167. The summed E-state index contributed by atoms with van der Waals surface area (Å²) in [5.74, 6) is -0.752. The van der Waals surface area contributed by atoms with Crippen LogP contribution in [0.1, 0.15) is 22.3 Å². The lowest BCUT2D eigenvalue weighted by atomic mass is 10.1. The second-order valence-corrected chi connectivity index (χ2v) is 8.27. The number of hydrogen-bond acceptors (Lipinski definition) is 2. The first-order valence-electron chi connectivity index (χ1n) is 10.1. The number of urea groups is 1. The van der Waals surface area contributed by atoms with Crippen LogP contribution in [-0.4, -0.2) is 29.9 Å². The molecule has 1 aliphatic rings. The molecule has 0 unspecified atom stereocenters. The standard InChI is InChI=1S/C24H20Cl2FN3O2/c25-18-7-5-16(6-8-18)23(31)28-19-9-11-20(12-10-19)30-14-2-13-29(24(30)32)15-17-3-1-4-21(26)22(17)27/h1,3-12H,2,13-15H2,(H,28,31). The van der Waals surface area contributed by atoms with E-state index in [0.29, 0.717) is 40.6 Å². The van der Waals surface area contributed by atoms with E-state index in [1.165, 1.54) is 6.07 Å². The SMILES string of the molecule is O=C(Nc1ccc(N2CCCN(Cc3cccc(Cl)c3F)C2=O)cc1)c1ccc(Cl)cc1. The van der Waals surface area contributed by atoms with Gasteiger partial charge in [-0.2, -0.15) is 0 Å². The van der Waals surface area contributed by atoms with Crippen molar-refractivity contribution in [2.45, 2.75) is 13.0 Å². The Bertz CT molecular complexity index is 1140. The van der Waals surface area contributed by atoms with Gasteiger partial charge in [-0.3, -0.25) is 9.69 Å². The fourth-order valence-electron chi connectivity index (χ4n) is 3.57. The zero-order valence-electron chi connectivity index (χ0n) is 17.0. The topological polar surface area (TPSA) is 52.7 Å². The van der Waals surface area contributed by atoms with Crippen LogP contribution in [0.2, 0.25) is 10.0 Å². The first kappa shape index (κ1) is 22.1. The third kappa shape index (κ3) is 4.87. The maximum absolute atomic E-state index is 14.3. The minimum absolute atomic E-state index is 0.0417. The summed E-state index contributed by atoms with van der Waals surface area (Å²) >= 11 is 11.7. The molecular formula is C24H20Cl2FN3O2. The Morgan fingerprint density at radius 1 is 0.969 bits per heavy atom. The van der Waals surface area contributed by atoms with Crippen molar-refractivity contribution in [2.24, 2.45) is 0 Å². The second-order valence-electron chi connectivity index (χ2n) is 7.43. The van der Waals surface area contributed by atoms with Crippen LogP contribution in [0.5, 0.6) is 0 Å². The summed E-state index contributed by atoms with van der Waals surface area (Å²) < 4.78 is 14.3. The molecule has 1 saturated heterocycles. The second kappa shape index (κ2) is 9.59. The molecule has 3 aromatic carbocycles. The lowest BCUT2D eigenvalue weighted by molar-refractivity contribution is 0.102. The minimum Gasteiger partial charge on any atom is -0.322 e. The third-order valence-electron chi connectivity index (χ3n) is 5.25. The molecule has 0 bridgehead atoms. The van der Waals surface area contributed by atoms with Gasteiger partial charge in [0.1, 0.15) is 5.82 Å². The van der Waals surface area contributed by atoms with E-state index in [-0.39, 0.29) is 23.5 Å². The lowest BCUT2D eigenvalue weighted by Crippen LogP contribution is -2.49. The highest BCUT2D eigenvalue weighted by atomic mass is 35.5. The molecule has 3 aromatic rings. The number of anilines is 2. The molecule has 32 heavy (non-hydrogen) atoms. The van der Waals surface area contributed by atoms with Gasteiger partial charge in [-0.05, 0) is 61.0 Å². The molecule has 3 amide bonds. The Kier molecular flexibility index (Phi) is 6.63. The lowest BCUT2D eigenvalue weighted by Gasteiger charge is -2.35. The Labute approximate surface area is 195 Å². The van der Waals surface area contributed by atoms with Crippen molar-refractivity contribution in [1.82, 2.24) is 4.90 Å². The van der Waals surface area contributed by atoms with Crippen molar-refractivity contribution in [1.29, 1.82) is 0 Å². The number of amides is 3. The van der Waals surface area contributed by atoms with Gasteiger partial charge < -0.3 is 10.2 Å². The maximum Gasteiger partial charge on any atom is 0.324 e. The van der Waals surface area contributed by atoms with E-state index in [4.69, 9.17) is 23.2 Å². The zero-order valence-corrected chi connectivity index (χ0v) is 18.5. The molecule has 1 N–H and O–H groups in total. The Hall–Kier alpha value is -3.09. The number of halogens is 3. The molecule has 164 valence electrons. The average Bonchev–Trinajstić information content (AvgIpc) is 2.79. The van der Waals surface area contributed by atoms with Gasteiger partial charge in [0, 0.05) is 40.6 Å². The Morgan fingerprint density at radius 3 is 2.41 bits per heavy atom. The number of nitrogens with zero attached hydrogens (tertiary/aromatic N) is 2. The van der Waals surface area contributed by atoms with Crippen LogP contribution < -0.4 is 10.2 Å². The fourth-order valence-corrected chi connectivity index (χ4v) is 3.89. The number of rotatable bonds is 5. The summed E-state index contributed by atoms with van der Waals surface area (Å²) in [6.45, 7) is 1.25. The average molecular weight is 472 g/mol. The smallest absolute Gasteiger partial charge is 0.322 e. The van der Waals surface area contributed by atoms with E-state index in [1.807, 2.05) is 0 Å². The van der Waals surface area contributed by atoms with E-state index in [2.05, 4.69) is 5.32 Å². The molecule has 4 rings (SSSR count). The van der Waals surface area contributed by atoms with Crippen molar-refractivity contribution in [2.75, 3.05) is 23.3 Å². The highest BCUT2D eigenvalue weighted by Crippen LogP contribution is 2.25. The molecule has 1 fully saturated rings. The third-order valence-corrected chi connectivity index (χ3v) is 5.79. The molecular weight excluding hydrogens is 452 g/mol.